The summed E-state index contributed by atoms with van der Waals surface area (Å²) in [6, 6.07) is 14.3. The first kappa shape index (κ1) is 18.7. The van der Waals surface area contributed by atoms with Crippen LogP contribution in [0, 0.1) is 0 Å². The summed E-state index contributed by atoms with van der Waals surface area (Å²) in [6.07, 6.45) is 7.35. The number of hydrogen-bond acceptors (Lipinski definition) is 4. The van der Waals surface area contributed by atoms with Gasteiger partial charge in [-0.3, -0.25) is 9.88 Å². The fourth-order valence-corrected chi connectivity index (χ4v) is 5.42. The molecule has 2 aromatic rings. The predicted octanol–water partition coefficient (Wildman–Crippen LogP) is 3.04. The van der Waals surface area contributed by atoms with Crippen molar-refractivity contribution in [2.24, 2.45) is 0 Å². The lowest BCUT2D eigenvalue weighted by molar-refractivity contribution is 0.0239. The molecule has 4 rings (SSSR count). The van der Waals surface area contributed by atoms with Crippen molar-refractivity contribution in [2.45, 2.75) is 44.3 Å². The second-order valence-corrected chi connectivity index (χ2v) is 9.88. The lowest BCUT2D eigenvalue weighted by atomic mass is 9.81. The van der Waals surface area contributed by atoms with E-state index in [1.54, 1.807) is 4.31 Å². The van der Waals surface area contributed by atoms with Crippen molar-refractivity contribution >= 4 is 10.4 Å². The van der Waals surface area contributed by atoms with Crippen LogP contribution in [0.2, 0.25) is 0 Å². The van der Waals surface area contributed by atoms with Gasteiger partial charge in [0.2, 0.25) is 0 Å². The number of piperidine rings is 1. The zero-order valence-corrected chi connectivity index (χ0v) is 16.7. The summed E-state index contributed by atoms with van der Waals surface area (Å²) in [4.78, 5) is 7.00. The van der Waals surface area contributed by atoms with Gasteiger partial charge in [-0.05, 0) is 49.1 Å². The van der Waals surface area contributed by atoms with Gasteiger partial charge in [0.15, 0.2) is 0 Å². The number of likely N-dealkylation sites (tertiary alicyclic amines) is 1. The van der Waals surface area contributed by atoms with E-state index in [0.717, 1.165) is 50.0 Å². The zero-order valence-electron chi connectivity index (χ0n) is 15.8. The fourth-order valence-electron chi connectivity index (χ4n) is 4.57. The topological polar surface area (TPSA) is 59.5 Å². The fraction of sp³-hybridized carbons (Fsp3) is 0.476. The maximum atomic E-state index is 12.5. The molecule has 6 heteroatoms. The molecular formula is C21H27N3O2S. The van der Waals surface area contributed by atoms with Crippen molar-refractivity contribution in [2.75, 3.05) is 19.3 Å². The first-order valence-corrected chi connectivity index (χ1v) is 11.5. The number of benzene rings is 1. The molecule has 5 nitrogen and oxygen atoms in total. The van der Waals surface area contributed by atoms with Crippen molar-refractivity contribution in [3.8, 4) is 0 Å². The highest BCUT2D eigenvalue weighted by Gasteiger charge is 2.45. The highest BCUT2D eigenvalue weighted by Crippen LogP contribution is 2.38. The third-order valence-corrected chi connectivity index (χ3v) is 7.19. The van der Waals surface area contributed by atoms with Crippen LogP contribution in [-0.4, -0.2) is 43.6 Å². The second-order valence-electron chi connectivity index (χ2n) is 7.90. The van der Waals surface area contributed by atoms with Gasteiger partial charge < -0.3 is 4.55 Å². The molecule has 1 saturated heterocycles. The Morgan fingerprint density at radius 2 is 1.93 bits per heavy atom. The number of aromatic nitrogens is 1. The van der Waals surface area contributed by atoms with Gasteiger partial charge >= 0.3 is 0 Å². The standard InChI is InChI=1S/C21H27N3O2S/c1-27(25,26)24-15-19-9-3-2-8-18(19)14-21(17-24)11-5-7-13-23(21)16-20-10-4-6-12-22-20/h2-4,6,8-10,12H,5,7,11,13-17H2,1H3. The Kier molecular flexibility index (Phi) is 5.16. The number of hydrogen-bond donors (Lipinski definition) is 0. The Morgan fingerprint density at radius 3 is 2.67 bits per heavy atom. The quantitative estimate of drug-likeness (QED) is 0.762. The summed E-state index contributed by atoms with van der Waals surface area (Å²) < 4.78 is 26.7. The summed E-state index contributed by atoms with van der Waals surface area (Å²) in [7, 11) is -3.27. The van der Waals surface area contributed by atoms with Crippen LogP contribution in [-0.2, 0) is 34.1 Å². The molecule has 0 amide bonds. The highest BCUT2D eigenvalue weighted by molar-refractivity contribution is 7.94. The number of rotatable bonds is 3. The molecule has 2 atom stereocenters. The van der Waals surface area contributed by atoms with Gasteiger partial charge in [-0.1, -0.05) is 41.0 Å². The van der Waals surface area contributed by atoms with Gasteiger partial charge in [-0.15, -0.1) is 4.31 Å². The molecule has 1 spiro atoms. The Hall–Kier alpha value is -1.60. The zero-order chi connectivity index (χ0) is 18.9. The first-order chi connectivity index (χ1) is 13.0. The largest absolute Gasteiger partial charge is 0.598 e. The minimum Gasteiger partial charge on any atom is -0.598 e. The van der Waals surface area contributed by atoms with Crippen molar-refractivity contribution in [1.82, 2.24) is 14.2 Å². The monoisotopic (exact) mass is 385 g/mol. The van der Waals surface area contributed by atoms with E-state index in [0.29, 0.717) is 13.1 Å². The summed E-state index contributed by atoms with van der Waals surface area (Å²) in [6.45, 7) is 2.76. The van der Waals surface area contributed by atoms with Crippen LogP contribution >= 0.6 is 0 Å². The lowest BCUT2D eigenvalue weighted by Gasteiger charge is -2.48. The summed E-state index contributed by atoms with van der Waals surface area (Å²) >= 11 is 0. The molecule has 1 aromatic heterocycles. The Labute approximate surface area is 162 Å². The Bertz CT molecular complexity index is 838. The lowest BCUT2D eigenvalue weighted by Crippen LogP contribution is -2.59. The van der Waals surface area contributed by atoms with Crippen molar-refractivity contribution in [3.05, 3.63) is 65.5 Å². The highest BCUT2D eigenvalue weighted by atomic mass is 32.3. The molecular weight excluding hydrogens is 358 g/mol. The van der Waals surface area contributed by atoms with Crippen LogP contribution in [0.1, 0.15) is 36.1 Å². The average molecular weight is 386 g/mol. The number of sulfonamides is 1. The third kappa shape index (κ3) is 3.99. The molecule has 3 heterocycles. The van der Waals surface area contributed by atoms with E-state index in [-0.39, 0.29) is 5.54 Å². The summed E-state index contributed by atoms with van der Waals surface area (Å²) in [5.41, 5.74) is 3.27. The smallest absolute Gasteiger partial charge is 0.122 e. The van der Waals surface area contributed by atoms with Crippen molar-refractivity contribution in [3.63, 3.8) is 0 Å². The van der Waals surface area contributed by atoms with Crippen LogP contribution in [0.25, 0.3) is 0 Å². The van der Waals surface area contributed by atoms with E-state index in [1.807, 2.05) is 24.4 Å². The van der Waals surface area contributed by atoms with E-state index >= 15 is 0 Å². The molecule has 2 unspecified atom stereocenters. The van der Waals surface area contributed by atoms with Crippen molar-refractivity contribution in [1.29, 1.82) is 0 Å². The minimum atomic E-state index is -3.27. The van der Waals surface area contributed by atoms with Crippen LogP contribution in [0.5, 0.6) is 0 Å². The van der Waals surface area contributed by atoms with E-state index in [1.165, 1.54) is 11.8 Å². The third-order valence-electron chi connectivity index (χ3n) is 5.99. The normalized spacial score (nSPS) is 26.3. The number of pyridine rings is 1. The maximum absolute atomic E-state index is 12.5. The van der Waals surface area contributed by atoms with Crippen LogP contribution in [0.15, 0.2) is 48.7 Å². The molecule has 0 radical (unpaired) electrons. The number of nitrogens with zero attached hydrogens (tertiary/aromatic N) is 3. The molecule has 1 fully saturated rings. The van der Waals surface area contributed by atoms with Gasteiger partial charge in [0.05, 0.1) is 18.8 Å². The maximum Gasteiger partial charge on any atom is 0.122 e. The molecule has 2 aliphatic rings. The number of fused-ring (bicyclic) bond motifs is 1. The minimum absolute atomic E-state index is 0.175. The first-order valence-electron chi connectivity index (χ1n) is 9.63. The van der Waals surface area contributed by atoms with Crippen LogP contribution in [0.3, 0.4) is 0 Å². The van der Waals surface area contributed by atoms with Gasteiger partial charge in [0.25, 0.3) is 0 Å². The van der Waals surface area contributed by atoms with Crippen molar-refractivity contribution < 1.29 is 8.76 Å². The predicted molar refractivity (Wildman–Crippen MR) is 107 cm³/mol. The second kappa shape index (κ2) is 7.43. The SMILES string of the molecule is C[S+](=O)([O-])N1Cc2ccccc2CC2(CCCCN2Cc2ccccn2)C1. The van der Waals surface area contributed by atoms with Crippen LogP contribution < -0.4 is 0 Å². The molecule has 0 saturated carbocycles. The Morgan fingerprint density at radius 1 is 1.15 bits per heavy atom. The molecule has 1 aromatic carbocycles. The molecule has 0 N–H and O–H groups in total. The van der Waals surface area contributed by atoms with E-state index < -0.39 is 10.4 Å². The summed E-state index contributed by atoms with van der Waals surface area (Å²) in [5, 5.41) is 0. The van der Waals surface area contributed by atoms with E-state index in [2.05, 4.69) is 34.1 Å². The molecule has 144 valence electrons. The Balaban J connectivity index is 1.73. The molecule has 2 aliphatic heterocycles. The van der Waals surface area contributed by atoms with Gasteiger partial charge in [-0.25, -0.2) is 0 Å². The molecule has 0 bridgehead atoms. The van der Waals surface area contributed by atoms with Gasteiger partial charge in [0.1, 0.15) is 16.7 Å². The van der Waals surface area contributed by atoms with E-state index in [4.69, 9.17) is 0 Å². The molecule has 0 aliphatic carbocycles. The summed E-state index contributed by atoms with van der Waals surface area (Å²) in [5.74, 6) is 0. The van der Waals surface area contributed by atoms with E-state index in [9.17, 15) is 8.76 Å². The van der Waals surface area contributed by atoms with Gasteiger partial charge in [0, 0.05) is 18.3 Å². The average Bonchev–Trinajstić information content (AvgIpc) is 2.82. The van der Waals surface area contributed by atoms with Gasteiger partial charge in [-0.2, -0.15) is 0 Å². The molecule has 27 heavy (non-hydrogen) atoms. The van der Waals surface area contributed by atoms with Crippen LogP contribution in [0.4, 0.5) is 0 Å².